The molecule has 0 aliphatic rings. The quantitative estimate of drug-likeness (QED) is 0.769. The molecule has 0 amide bonds. The van der Waals surface area contributed by atoms with E-state index in [9.17, 15) is 12.8 Å². The summed E-state index contributed by atoms with van der Waals surface area (Å²) < 4.78 is 36.2. The lowest BCUT2D eigenvalue weighted by atomic mass is 10.1. The molecule has 0 aliphatic carbocycles. The van der Waals surface area contributed by atoms with Crippen molar-refractivity contribution >= 4 is 26.6 Å². The fourth-order valence-corrected chi connectivity index (χ4v) is 2.88. The van der Waals surface area contributed by atoms with Crippen LogP contribution >= 0.6 is 0 Å². The van der Waals surface area contributed by atoms with Crippen LogP contribution in [0.25, 0.3) is 10.8 Å². The topological polar surface area (TPSA) is 85.1 Å². The van der Waals surface area contributed by atoms with Crippen molar-refractivity contribution in [2.75, 3.05) is 5.32 Å². The highest BCUT2D eigenvalue weighted by atomic mass is 32.2. The first-order valence-corrected chi connectivity index (χ1v) is 8.38. The van der Waals surface area contributed by atoms with Gasteiger partial charge in [0.15, 0.2) is 0 Å². The van der Waals surface area contributed by atoms with Crippen LogP contribution in [0.1, 0.15) is 5.56 Å². The van der Waals surface area contributed by atoms with Gasteiger partial charge in [0.25, 0.3) is 0 Å². The first-order valence-electron chi connectivity index (χ1n) is 6.83. The number of fused-ring (bicyclic) bond motifs is 1. The van der Waals surface area contributed by atoms with E-state index in [1.54, 1.807) is 30.5 Å². The Morgan fingerprint density at radius 1 is 1.13 bits per heavy atom. The number of nitrogens with zero attached hydrogens (tertiary/aromatic N) is 1. The van der Waals surface area contributed by atoms with E-state index in [0.717, 1.165) is 10.9 Å². The van der Waals surface area contributed by atoms with Crippen LogP contribution in [0, 0.1) is 5.82 Å². The highest BCUT2D eigenvalue weighted by Gasteiger charge is 2.08. The highest BCUT2D eigenvalue weighted by molar-refractivity contribution is 7.89. The van der Waals surface area contributed by atoms with Crippen LogP contribution in [-0.2, 0) is 16.6 Å². The molecule has 118 valence electrons. The third-order valence-corrected chi connectivity index (χ3v) is 4.33. The molecule has 3 aromatic rings. The predicted octanol–water partition coefficient (Wildman–Crippen LogP) is 2.63. The normalized spacial score (nSPS) is 11.6. The smallest absolute Gasteiger partial charge is 0.238 e. The Balaban J connectivity index is 1.88. The molecule has 1 heterocycles. The van der Waals surface area contributed by atoms with Gasteiger partial charge in [-0.05, 0) is 41.3 Å². The summed E-state index contributed by atoms with van der Waals surface area (Å²) in [5.74, 6) is 0.188. The highest BCUT2D eigenvalue weighted by Crippen LogP contribution is 2.22. The van der Waals surface area contributed by atoms with Gasteiger partial charge in [0, 0.05) is 18.1 Å². The minimum atomic E-state index is -3.74. The van der Waals surface area contributed by atoms with E-state index < -0.39 is 10.0 Å². The fourth-order valence-electron chi connectivity index (χ4n) is 2.30. The maximum atomic E-state index is 13.4. The molecule has 0 radical (unpaired) electrons. The first-order chi connectivity index (χ1) is 10.9. The average Bonchev–Trinajstić information content (AvgIpc) is 2.52. The molecule has 2 aromatic carbocycles. The number of hydrogen-bond donors (Lipinski definition) is 2. The van der Waals surface area contributed by atoms with Gasteiger partial charge in [-0.1, -0.05) is 18.2 Å². The third kappa shape index (κ3) is 3.46. The van der Waals surface area contributed by atoms with Crippen LogP contribution < -0.4 is 10.5 Å². The van der Waals surface area contributed by atoms with Gasteiger partial charge in [0.05, 0.1) is 4.90 Å². The lowest BCUT2D eigenvalue weighted by molar-refractivity contribution is 0.597. The molecular weight excluding hydrogens is 317 g/mol. The van der Waals surface area contributed by atoms with Crippen LogP contribution in [0.4, 0.5) is 10.2 Å². The first kappa shape index (κ1) is 15.4. The van der Waals surface area contributed by atoms with E-state index in [4.69, 9.17) is 5.14 Å². The van der Waals surface area contributed by atoms with Gasteiger partial charge in [-0.2, -0.15) is 0 Å². The Labute approximate surface area is 133 Å². The third-order valence-electron chi connectivity index (χ3n) is 3.42. The van der Waals surface area contributed by atoms with Gasteiger partial charge < -0.3 is 5.32 Å². The fraction of sp³-hybridized carbons (Fsp3) is 0.0625. The summed E-state index contributed by atoms with van der Waals surface area (Å²) in [7, 11) is -3.74. The zero-order valence-electron chi connectivity index (χ0n) is 12.0. The molecule has 0 bridgehead atoms. The molecule has 1 aromatic heterocycles. The summed E-state index contributed by atoms with van der Waals surface area (Å²) in [6.45, 7) is 0.339. The number of pyridine rings is 1. The van der Waals surface area contributed by atoms with E-state index >= 15 is 0 Å². The van der Waals surface area contributed by atoms with Gasteiger partial charge in [-0.15, -0.1) is 0 Å². The number of nitrogens with two attached hydrogens (primary N) is 1. The maximum Gasteiger partial charge on any atom is 0.238 e. The average molecular weight is 331 g/mol. The number of hydrogen-bond acceptors (Lipinski definition) is 4. The van der Waals surface area contributed by atoms with E-state index in [0.29, 0.717) is 17.7 Å². The Bertz CT molecular complexity index is 974. The summed E-state index contributed by atoms with van der Waals surface area (Å²) in [6, 6.07) is 12.6. The Morgan fingerprint density at radius 3 is 2.74 bits per heavy atom. The largest absolute Gasteiger partial charge is 0.365 e. The van der Waals surface area contributed by atoms with Crippen molar-refractivity contribution in [2.45, 2.75) is 11.4 Å². The molecule has 23 heavy (non-hydrogen) atoms. The molecule has 0 unspecified atom stereocenters. The number of primary sulfonamides is 1. The van der Waals surface area contributed by atoms with E-state index in [-0.39, 0.29) is 10.7 Å². The predicted molar refractivity (Wildman–Crippen MR) is 86.8 cm³/mol. The molecular formula is C16H14FN3O2S. The van der Waals surface area contributed by atoms with Crippen molar-refractivity contribution in [3.63, 3.8) is 0 Å². The molecule has 3 rings (SSSR count). The minimum absolute atomic E-state index is 0.0497. The monoisotopic (exact) mass is 331 g/mol. The number of anilines is 1. The zero-order valence-corrected chi connectivity index (χ0v) is 12.8. The second kappa shape index (κ2) is 5.94. The number of rotatable bonds is 4. The molecule has 5 nitrogen and oxygen atoms in total. The SMILES string of the molecule is NS(=O)(=O)c1cccc(CNc2nccc3ccc(F)cc23)c1. The van der Waals surface area contributed by atoms with Crippen molar-refractivity contribution in [1.82, 2.24) is 4.98 Å². The summed E-state index contributed by atoms with van der Waals surface area (Å²) in [5.41, 5.74) is 0.728. The Hall–Kier alpha value is -2.51. The van der Waals surface area contributed by atoms with Crippen molar-refractivity contribution in [3.05, 3.63) is 66.1 Å². The summed E-state index contributed by atoms with van der Waals surface area (Å²) >= 11 is 0. The van der Waals surface area contributed by atoms with Crippen molar-refractivity contribution in [3.8, 4) is 0 Å². The van der Waals surface area contributed by atoms with Gasteiger partial charge in [-0.3, -0.25) is 0 Å². The maximum absolute atomic E-state index is 13.4. The number of nitrogens with one attached hydrogen (secondary N) is 1. The van der Waals surface area contributed by atoms with Crippen LogP contribution in [0.5, 0.6) is 0 Å². The summed E-state index contributed by atoms with van der Waals surface area (Å²) in [6.07, 6.45) is 1.63. The van der Waals surface area contributed by atoms with Gasteiger partial charge >= 0.3 is 0 Å². The van der Waals surface area contributed by atoms with Gasteiger partial charge in [0.2, 0.25) is 10.0 Å². The molecule has 3 N–H and O–H groups in total. The number of halogens is 1. The van der Waals surface area contributed by atoms with Crippen molar-refractivity contribution in [1.29, 1.82) is 0 Å². The second-order valence-corrected chi connectivity index (χ2v) is 6.63. The van der Waals surface area contributed by atoms with Gasteiger partial charge in [-0.25, -0.2) is 22.9 Å². The van der Waals surface area contributed by atoms with Crippen LogP contribution in [-0.4, -0.2) is 13.4 Å². The van der Waals surface area contributed by atoms with E-state index in [1.807, 2.05) is 0 Å². The van der Waals surface area contributed by atoms with Crippen LogP contribution in [0.3, 0.4) is 0 Å². The lowest BCUT2D eigenvalue weighted by Gasteiger charge is -2.09. The van der Waals surface area contributed by atoms with Crippen LogP contribution in [0.15, 0.2) is 59.6 Å². The van der Waals surface area contributed by atoms with E-state index in [1.165, 1.54) is 24.3 Å². The Morgan fingerprint density at radius 2 is 1.96 bits per heavy atom. The molecule has 7 heteroatoms. The molecule has 0 saturated heterocycles. The zero-order chi connectivity index (χ0) is 16.4. The van der Waals surface area contributed by atoms with Crippen LogP contribution in [0.2, 0.25) is 0 Å². The molecule has 0 fully saturated rings. The van der Waals surface area contributed by atoms with Gasteiger partial charge in [0.1, 0.15) is 11.6 Å². The summed E-state index contributed by atoms with van der Waals surface area (Å²) in [4.78, 5) is 4.26. The van der Waals surface area contributed by atoms with Crippen molar-refractivity contribution in [2.24, 2.45) is 5.14 Å². The van der Waals surface area contributed by atoms with Crippen molar-refractivity contribution < 1.29 is 12.8 Å². The number of benzene rings is 2. The Kier molecular flexibility index (Phi) is 3.97. The molecule has 0 spiro atoms. The molecule has 0 aliphatic heterocycles. The molecule has 0 saturated carbocycles. The number of sulfonamides is 1. The summed E-state index contributed by atoms with van der Waals surface area (Å²) in [5, 5.41) is 9.74. The standard InChI is InChI=1S/C16H14FN3O2S/c17-13-5-4-12-6-7-19-16(15(12)9-13)20-10-11-2-1-3-14(8-11)23(18,21)22/h1-9H,10H2,(H,19,20)(H2,18,21,22). The number of aromatic nitrogens is 1. The molecule has 0 atom stereocenters. The lowest BCUT2D eigenvalue weighted by Crippen LogP contribution is -2.12. The minimum Gasteiger partial charge on any atom is -0.365 e. The second-order valence-electron chi connectivity index (χ2n) is 5.07. The van der Waals surface area contributed by atoms with E-state index in [2.05, 4.69) is 10.3 Å².